The summed E-state index contributed by atoms with van der Waals surface area (Å²) < 4.78 is 0. The minimum Gasteiger partial charge on any atom is -0.508 e. The van der Waals surface area contributed by atoms with Gasteiger partial charge in [0.05, 0.1) is 5.92 Å². The van der Waals surface area contributed by atoms with Crippen molar-refractivity contribution >= 4 is 42.4 Å². The summed E-state index contributed by atoms with van der Waals surface area (Å²) in [5, 5.41) is 16.0. The van der Waals surface area contributed by atoms with Gasteiger partial charge in [-0.3, -0.25) is 9.59 Å². The van der Waals surface area contributed by atoms with E-state index in [0.29, 0.717) is 31.6 Å². The van der Waals surface area contributed by atoms with Gasteiger partial charge in [-0.05, 0) is 61.1 Å². The number of benzene rings is 2. The highest BCUT2D eigenvalue weighted by Crippen LogP contribution is 2.25. The molecule has 2 atom stereocenters. The summed E-state index contributed by atoms with van der Waals surface area (Å²) >= 11 is 0. The average Bonchev–Trinajstić information content (AvgIpc) is 2.85. The number of carbonyl (C=O) groups excluding carboxylic acids is 2. The highest BCUT2D eigenvalue weighted by molar-refractivity contribution is 5.92. The molecule has 3 aromatic rings. The molecular weight excluding hydrogens is 525 g/mol. The third kappa shape index (κ3) is 8.62. The molecule has 0 bridgehead atoms. The minimum atomic E-state index is -1.27. The van der Waals surface area contributed by atoms with Gasteiger partial charge in [0.15, 0.2) is 0 Å². The maximum absolute atomic E-state index is 13.3. The number of carbonyl (C=O) groups is 2. The number of nitrogens with two attached hydrogens (primary N) is 2. The van der Waals surface area contributed by atoms with E-state index in [-0.39, 0.29) is 43.0 Å². The lowest BCUT2D eigenvalue weighted by molar-refractivity contribution is -0.136. The van der Waals surface area contributed by atoms with Gasteiger partial charge >= 0.3 is 0 Å². The Labute approximate surface area is 236 Å². The SMILES string of the molecule is Cc1nc(N)ccc1CNC(=O)[C@@H](C)C(CCc1ccccc1)(NCCc1cccc(O)c1)C(N)=O.Cl.Cl. The van der Waals surface area contributed by atoms with Gasteiger partial charge in [0, 0.05) is 18.8 Å². The zero-order valence-corrected chi connectivity index (χ0v) is 23.3. The highest BCUT2D eigenvalue weighted by atomic mass is 35.5. The lowest BCUT2D eigenvalue weighted by Gasteiger charge is -2.37. The zero-order chi connectivity index (χ0) is 26.1. The third-order valence-electron chi connectivity index (χ3n) is 6.66. The maximum atomic E-state index is 13.3. The summed E-state index contributed by atoms with van der Waals surface area (Å²) in [4.78, 5) is 30.5. The lowest BCUT2D eigenvalue weighted by Crippen LogP contribution is -2.63. The number of hydrogen-bond donors (Lipinski definition) is 5. The number of aromatic nitrogens is 1. The lowest BCUT2D eigenvalue weighted by atomic mass is 9.78. The van der Waals surface area contributed by atoms with Gasteiger partial charge in [0.25, 0.3) is 0 Å². The molecule has 0 fully saturated rings. The molecule has 8 nitrogen and oxygen atoms in total. The summed E-state index contributed by atoms with van der Waals surface area (Å²) in [5.41, 5.74) is 14.0. The van der Waals surface area contributed by atoms with E-state index in [9.17, 15) is 14.7 Å². The average molecular weight is 563 g/mol. The van der Waals surface area contributed by atoms with E-state index in [1.54, 1.807) is 31.2 Å². The fraction of sp³-hybridized carbons (Fsp3) is 0.321. The Bertz CT molecular complexity index is 1200. The van der Waals surface area contributed by atoms with Crippen LogP contribution in [0.5, 0.6) is 5.75 Å². The molecule has 2 amide bonds. The number of aryl methyl sites for hydroxylation is 2. The summed E-state index contributed by atoms with van der Waals surface area (Å²) in [6, 6.07) is 20.3. The Balaban J connectivity index is 0.00000361. The number of amides is 2. The number of anilines is 1. The van der Waals surface area contributed by atoms with Crippen molar-refractivity contribution < 1.29 is 14.7 Å². The molecule has 1 unspecified atom stereocenters. The molecule has 0 saturated carbocycles. The predicted molar refractivity (Wildman–Crippen MR) is 155 cm³/mol. The van der Waals surface area contributed by atoms with E-state index in [1.807, 2.05) is 49.4 Å². The smallest absolute Gasteiger partial charge is 0.238 e. The topological polar surface area (TPSA) is 143 Å². The first-order valence-electron chi connectivity index (χ1n) is 12.1. The first-order valence-corrected chi connectivity index (χ1v) is 12.1. The maximum Gasteiger partial charge on any atom is 0.238 e. The number of halogens is 2. The monoisotopic (exact) mass is 561 g/mol. The molecular formula is C28H37Cl2N5O3. The Morgan fingerprint density at radius 2 is 1.68 bits per heavy atom. The summed E-state index contributed by atoms with van der Waals surface area (Å²) in [6.07, 6.45) is 1.48. The first kappa shape index (κ1) is 32.7. The van der Waals surface area contributed by atoms with Gasteiger partial charge in [0.1, 0.15) is 17.1 Å². The second kappa shape index (κ2) is 15.2. The molecule has 10 heteroatoms. The first-order chi connectivity index (χ1) is 17.2. The molecule has 0 aliphatic heterocycles. The van der Waals surface area contributed by atoms with Gasteiger partial charge in [-0.25, -0.2) is 4.98 Å². The van der Waals surface area contributed by atoms with Crippen molar-refractivity contribution in [2.75, 3.05) is 12.3 Å². The standard InChI is InChI=1S/C28H35N5O3.2ClH/c1-19(26(35)31-18-23-11-12-25(29)33-20(23)2)28(27(30)36,15-13-21-7-4-3-5-8-21)32-16-14-22-9-6-10-24(34)17-22;;/h3-12,17,19,32,34H,13-16,18H2,1-2H3,(H2,29,33)(H2,30,36)(H,31,35);2*1H/t19-,28?;;/m1../s1. The zero-order valence-electron chi connectivity index (χ0n) is 21.6. The third-order valence-corrected chi connectivity index (χ3v) is 6.66. The molecule has 206 valence electrons. The second-order valence-electron chi connectivity index (χ2n) is 9.09. The number of nitrogen functional groups attached to an aromatic ring is 1. The number of phenols is 1. The molecule has 0 aliphatic rings. The van der Waals surface area contributed by atoms with E-state index in [1.165, 1.54) is 0 Å². The van der Waals surface area contributed by atoms with E-state index in [0.717, 1.165) is 22.4 Å². The molecule has 0 saturated heterocycles. The molecule has 1 heterocycles. The van der Waals surface area contributed by atoms with E-state index in [4.69, 9.17) is 11.5 Å². The number of rotatable bonds is 12. The summed E-state index contributed by atoms with van der Waals surface area (Å²) in [6.45, 7) is 4.22. The molecule has 1 aromatic heterocycles. The number of nitrogens with zero attached hydrogens (tertiary/aromatic N) is 1. The van der Waals surface area contributed by atoms with E-state index < -0.39 is 17.4 Å². The van der Waals surface area contributed by atoms with Crippen LogP contribution in [0.1, 0.15) is 35.7 Å². The van der Waals surface area contributed by atoms with Crippen LogP contribution in [0.3, 0.4) is 0 Å². The Kier molecular flexibility index (Phi) is 13.1. The van der Waals surface area contributed by atoms with Crippen LogP contribution in [0, 0.1) is 12.8 Å². The molecule has 0 radical (unpaired) electrons. The normalized spacial score (nSPS) is 12.8. The number of primary amides is 1. The quantitative estimate of drug-likeness (QED) is 0.229. The summed E-state index contributed by atoms with van der Waals surface area (Å²) in [7, 11) is 0. The minimum absolute atomic E-state index is 0. The van der Waals surface area contributed by atoms with Crippen molar-refractivity contribution in [2.45, 2.75) is 45.2 Å². The van der Waals surface area contributed by atoms with Crippen LogP contribution in [0.4, 0.5) is 5.82 Å². The second-order valence-corrected chi connectivity index (χ2v) is 9.09. The van der Waals surface area contributed by atoms with Crippen molar-refractivity contribution in [2.24, 2.45) is 11.7 Å². The van der Waals surface area contributed by atoms with Gasteiger partial charge in [-0.2, -0.15) is 0 Å². The van der Waals surface area contributed by atoms with Crippen molar-refractivity contribution in [1.29, 1.82) is 0 Å². The molecule has 38 heavy (non-hydrogen) atoms. The van der Waals surface area contributed by atoms with Crippen molar-refractivity contribution in [3.63, 3.8) is 0 Å². The van der Waals surface area contributed by atoms with Gasteiger partial charge in [-0.1, -0.05) is 55.5 Å². The predicted octanol–water partition coefficient (Wildman–Crippen LogP) is 3.46. The van der Waals surface area contributed by atoms with E-state index >= 15 is 0 Å². The Morgan fingerprint density at radius 3 is 2.32 bits per heavy atom. The fourth-order valence-electron chi connectivity index (χ4n) is 4.37. The van der Waals surface area contributed by atoms with Crippen molar-refractivity contribution in [3.8, 4) is 5.75 Å². The van der Waals surface area contributed by atoms with Gasteiger partial charge < -0.3 is 27.2 Å². The van der Waals surface area contributed by atoms with Crippen LogP contribution in [0.15, 0.2) is 66.7 Å². The fourth-order valence-corrected chi connectivity index (χ4v) is 4.37. The Hall–Kier alpha value is -3.33. The van der Waals surface area contributed by atoms with Crippen LogP contribution in [-0.4, -0.2) is 34.0 Å². The van der Waals surface area contributed by atoms with Crippen molar-refractivity contribution in [1.82, 2.24) is 15.6 Å². The number of pyridine rings is 1. The van der Waals surface area contributed by atoms with Crippen molar-refractivity contribution in [3.05, 3.63) is 89.1 Å². The highest BCUT2D eigenvalue weighted by Gasteiger charge is 2.44. The molecule has 0 spiro atoms. The number of phenolic OH excluding ortho intramolecular Hbond substituents is 1. The molecule has 2 aromatic carbocycles. The number of aromatic hydroxyl groups is 1. The largest absolute Gasteiger partial charge is 0.508 e. The summed E-state index contributed by atoms with van der Waals surface area (Å²) in [5.74, 6) is -1.02. The molecule has 3 rings (SSSR count). The van der Waals surface area contributed by atoms with Crippen LogP contribution in [-0.2, 0) is 29.0 Å². The Morgan fingerprint density at radius 1 is 1.00 bits per heavy atom. The number of hydrogen-bond acceptors (Lipinski definition) is 6. The van der Waals surface area contributed by atoms with Gasteiger partial charge in [0.2, 0.25) is 11.8 Å². The van der Waals surface area contributed by atoms with Crippen LogP contribution < -0.4 is 22.1 Å². The number of nitrogens with one attached hydrogen (secondary N) is 2. The molecule has 0 aliphatic carbocycles. The van der Waals surface area contributed by atoms with Crippen LogP contribution in [0.2, 0.25) is 0 Å². The molecule has 7 N–H and O–H groups in total. The van der Waals surface area contributed by atoms with Crippen LogP contribution in [0.25, 0.3) is 0 Å². The van der Waals surface area contributed by atoms with Gasteiger partial charge in [-0.15, -0.1) is 24.8 Å². The van der Waals surface area contributed by atoms with E-state index in [2.05, 4.69) is 15.6 Å². The van der Waals surface area contributed by atoms with Crippen LogP contribution >= 0.6 is 24.8 Å².